The molecule has 2 heterocycles. The van der Waals surface area contributed by atoms with E-state index in [9.17, 15) is 4.79 Å². The summed E-state index contributed by atoms with van der Waals surface area (Å²) in [6, 6.07) is 30.8. The molecule has 4 aromatic carbocycles. The van der Waals surface area contributed by atoms with Crippen molar-refractivity contribution in [2.75, 3.05) is 0 Å². The number of para-hydroxylation sites is 2. The number of amides is 1. The molecule has 6 nitrogen and oxygen atoms in total. The standard InChI is InChI=1S/C27H18N4O2/c32-26(18-9-2-1-3-10-18)30-31-27-21(25-28-22-12-6-7-13-23(22)29-25)16-20-19-11-5-4-8-17(19)14-15-24(20)33-27/h1-16H,(H,28,29)(H,30,32)/b31-27-. The van der Waals surface area contributed by atoms with Crippen molar-refractivity contribution in [2.24, 2.45) is 5.10 Å². The lowest BCUT2D eigenvalue weighted by Gasteiger charge is -2.06. The molecule has 158 valence electrons. The van der Waals surface area contributed by atoms with Crippen LogP contribution in [0.5, 0.6) is 0 Å². The van der Waals surface area contributed by atoms with Crippen molar-refractivity contribution in [1.82, 2.24) is 15.4 Å². The van der Waals surface area contributed by atoms with E-state index < -0.39 is 0 Å². The topological polar surface area (TPSA) is 83.3 Å². The van der Waals surface area contributed by atoms with Crippen LogP contribution in [0.25, 0.3) is 44.2 Å². The molecule has 6 rings (SSSR count). The summed E-state index contributed by atoms with van der Waals surface area (Å²) in [5.74, 6) is 0.294. The fourth-order valence-corrected chi connectivity index (χ4v) is 3.97. The Kier molecular flexibility index (Phi) is 4.47. The fourth-order valence-electron chi connectivity index (χ4n) is 3.97. The second-order valence-electron chi connectivity index (χ2n) is 7.69. The van der Waals surface area contributed by atoms with Gasteiger partial charge in [-0.1, -0.05) is 60.7 Å². The third kappa shape index (κ3) is 3.43. The van der Waals surface area contributed by atoms with Crippen LogP contribution < -0.4 is 11.0 Å². The van der Waals surface area contributed by atoms with Gasteiger partial charge in [0.05, 0.1) is 16.6 Å². The van der Waals surface area contributed by atoms with Gasteiger partial charge in [0.25, 0.3) is 5.91 Å². The number of aromatic amines is 1. The van der Waals surface area contributed by atoms with Crippen molar-refractivity contribution in [2.45, 2.75) is 0 Å². The Hall–Kier alpha value is -4.71. The lowest BCUT2D eigenvalue weighted by atomic mass is 10.0. The first-order valence-electron chi connectivity index (χ1n) is 10.6. The fraction of sp³-hybridized carbons (Fsp3) is 0. The minimum absolute atomic E-state index is 0.265. The maximum atomic E-state index is 12.6. The Morgan fingerprint density at radius 2 is 1.64 bits per heavy atom. The summed E-state index contributed by atoms with van der Waals surface area (Å²) in [6.45, 7) is 0. The molecular formula is C27H18N4O2. The van der Waals surface area contributed by atoms with Crippen molar-refractivity contribution in [3.8, 4) is 11.4 Å². The molecule has 33 heavy (non-hydrogen) atoms. The highest BCUT2D eigenvalue weighted by Crippen LogP contribution is 2.28. The summed E-state index contributed by atoms with van der Waals surface area (Å²) in [4.78, 5) is 20.6. The summed E-state index contributed by atoms with van der Waals surface area (Å²) in [6.07, 6.45) is 0. The van der Waals surface area contributed by atoms with Crippen LogP contribution in [0.1, 0.15) is 10.4 Å². The van der Waals surface area contributed by atoms with E-state index in [1.807, 2.05) is 60.7 Å². The highest BCUT2D eigenvalue weighted by atomic mass is 16.3. The largest absolute Gasteiger partial charge is 0.436 e. The molecule has 6 heteroatoms. The highest BCUT2D eigenvalue weighted by Gasteiger charge is 2.13. The minimum atomic E-state index is -0.319. The molecule has 0 saturated heterocycles. The van der Waals surface area contributed by atoms with Crippen LogP contribution in [0.15, 0.2) is 107 Å². The van der Waals surface area contributed by atoms with E-state index in [2.05, 4.69) is 27.6 Å². The van der Waals surface area contributed by atoms with Crippen molar-refractivity contribution in [3.05, 3.63) is 108 Å². The number of carbonyl (C=O) groups is 1. The van der Waals surface area contributed by atoms with E-state index in [4.69, 9.17) is 9.40 Å². The van der Waals surface area contributed by atoms with Gasteiger partial charge in [-0.15, -0.1) is 5.10 Å². The van der Waals surface area contributed by atoms with Crippen LogP contribution in [0.2, 0.25) is 0 Å². The Bertz CT molecular complexity index is 1680. The van der Waals surface area contributed by atoms with E-state index in [1.165, 1.54) is 0 Å². The van der Waals surface area contributed by atoms with Crippen molar-refractivity contribution in [3.63, 3.8) is 0 Å². The van der Waals surface area contributed by atoms with Crippen LogP contribution >= 0.6 is 0 Å². The Labute approximate surface area is 188 Å². The average Bonchev–Trinajstić information content (AvgIpc) is 3.31. The first-order chi connectivity index (χ1) is 16.3. The second-order valence-corrected chi connectivity index (χ2v) is 7.69. The maximum absolute atomic E-state index is 12.6. The normalized spacial score (nSPS) is 11.9. The van der Waals surface area contributed by atoms with Gasteiger partial charge >= 0.3 is 0 Å². The zero-order chi connectivity index (χ0) is 22.2. The molecule has 2 N–H and O–H groups in total. The molecular weight excluding hydrogens is 412 g/mol. The maximum Gasteiger partial charge on any atom is 0.271 e. The van der Waals surface area contributed by atoms with Gasteiger partial charge in [-0.05, 0) is 47.2 Å². The molecule has 0 saturated carbocycles. The van der Waals surface area contributed by atoms with E-state index in [1.54, 1.807) is 24.3 Å². The number of fused-ring (bicyclic) bond motifs is 4. The quantitative estimate of drug-likeness (QED) is 0.292. The summed E-state index contributed by atoms with van der Waals surface area (Å²) >= 11 is 0. The first kappa shape index (κ1) is 19.0. The van der Waals surface area contributed by atoms with Crippen molar-refractivity contribution < 1.29 is 9.21 Å². The number of rotatable bonds is 3. The van der Waals surface area contributed by atoms with Gasteiger partial charge in [0.1, 0.15) is 11.4 Å². The Morgan fingerprint density at radius 1 is 0.848 bits per heavy atom. The number of nitrogens with one attached hydrogen (secondary N) is 2. The molecule has 0 bridgehead atoms. The third-order valence-electron chi connectivity index (χ3n) is 5.60. The molecule has 0 aliphatic heterocycles. The van der Waals surface area contributed by atoms with E-state index in [0.717, 1.165) is 27.2 Å². The van der Waals surface area contributed by atoms with Gasteiger partial charge in [-0.2, -0.15) is 0 Å². The average molecular weight is 430 g/mol. The molecule has 0 unspecified atom stereocenters. The molecule has 0 atom stereocenters. The van der Waals surface area contributed by atoms with Gasteiger partial charge in [-0.25, -0.2) is 10.4 Å². The molecule has 6 aromatic rings. The minimum Gasteiger partial charge on any atom is -0.436 e. The zero-order valence-corrected chi connectivity index (χ0v) is 17.4. The number of hydrogen-bond donors (Lipinski definition) is 2. The lowest BCUT2D eigenvalue weighted by Crippen LogP contribution is -2.22. The van der Waals surface area contributed by atoms with E-state index in [0.29, 0.717) is 22.5 Å². The Balaban J connectivity index is 1.57. The van der Waals surface area contributed by atoms with E-state index in [-0.39, 0.29) is 11.5 Å². The third-order valence-corrected chi connectivity index (χ3v) is 5.60. The van der Waals surface area contributed by atoms with Crippen LogP contribution in [0, 0.1) is 0 Å². The lowest BCUT2D eigenvalue weighted by molar-refractivity contribution is 0.0951. The van der Waals surface area contributed by atoms with Gasteiger partial charge in [-0.3, -0.25) is 4.79 Å². The predicted octanol–water partition coefficient (Wildman–Crippen LogP) is 5.38. The van der Waals surface area contributed by atoms with Crippen molar-refractivity contribution >= 4 is 38.7 Å². The number of imidazole rings is 1. The number of H-pyrrole nitrogens is 1. The number of nitrogens with zero attached hydrogens (tertiary/aromatic N) is 2. The number of benzene rings is 4. The smallest absolute Gasteiger partial charge is 0.271 e. The molecule has 0 aliphatic carbocycles. The number of aromatic nitrogens is 2. The molecule has 2 aromatic heterocycles. The molecule has 0 fully saturated rings. The van der Waals surface area contributed by atoms with E-state index >= 15 is 0 Å². The van der Waals surface area contributed by atoms with Crippen LogP contribution in [-0.4, -0.2) is 15.9 Å². The van der Waals surface area contributed by atoms with Crippen molar-refractivity contribution in [1.29, 1.82) is 0 Å². The molecule has 1 amide bonds. The van der Waals surface area contributed by atoms with Gasteiger partial charge in [0.2, 0.25) is 5.55 Å². The van der Waals surface area contributed by atoms with Crippen LogP contribution in [0.3, 0.4) is 0 Å². The highest BCUT2D eigenvalue weighted by molar-refractivity contribution is 6.06. The monoisotopic (exact) mass is 430 g/mol. The van der Waals surface area contributed by atoms with Gasteiger partial charge in [0.15, 0.2) is 0 Å². The first-order valence-corrected chi connectivity index (χ1v) is 10.6. The second kappa shape index (κ2) is 7.76. The SMILES string of the molecule is O=C(N/N=c1\oc2ccc3ccccc3c2cc1-c1nc2ccccc2[nH]1)c1ccccc1. The summed E-state index contributed by atoms with van der Waals surface area (Å²) in [5.41, 5.74) is 6.46. The number of hydrogen-bond acceptors (Lipinski definition) is 4. The van der Waals surface area contributed by atoms with Crippen LogP contribution in [0.4, 0.5) is 0 Å². The molecule has 0 aliphatic rings. The zero-order valence-electron chi connectivity index (χ0n) is 17.4. The molecule has 0 radical (unpaired) electrons. The summed E-state index contributed by atoms with van der Waals surface area (Å²) in [7, 11) is 0. The number of carbonyl (C=O) groups excluding carboxylic acids is 1. The van der Waals surface area contributed by atoms with Gasteiger partial charge < -0.3 is 9.40 Å². The summed E-state index contributed by atoms with van der Waals surface area (Å²) in [5, 5.41) is 7.45. The summed E-state index contributed by atoms with van der Waals surface area (Å²) < 4.78 is 6.20. The Morgan fingerprint density at radius 3 is 2.52 bits per heavy atom. The van der Waals surface area contributed by atoms with Gasteiger partial charge in [0, 0.05) is 10.9 Å². The van der Waals surface area contributed by atoms with Crippen LogP contribution in [-0.2, 0) is 0 Å². The predicted molar refractivity (Wildman–Crippen MR) is 128 cm³/mol. The molecule has 0 spiro atoms.